The fourth-order valence-corrected chi connectivity index (χ4v) is 1.51. The molecule has 0 amide bonds. The van der Waals surface area contributed by atoms with Gasteiger partial charge in [-0.2, -0.15) is 0 Å². The van der Waals surface area contributed by atoms with Crippen LogP contribution in [-0.4, -0.2) is 11.0 Å². The Morgan fingerprint density at radius 1 is 1.47 bits per heavy atom. The van der Waals surface area contributed by atoms with Crippen molar-refractivity contribution in [2.75, 3.05) is 0 Å². The molecular formula is C12H19ClN2. The van der Waals surface area contributed by atoms with Crippen molar-refractivity contribution in [2.45, 2.75) is 45.7 Å². The molecule has 1 aromatic heterocycles. The van der Waals surface area contributed by atoms with Gasteiger partial charge in [0.2, 0.25) is 0 Å². The van der Waals surface area contributed by atoms with Crippen LogP contribution in [0, 0.1) is 0 Å². The third kappa shape index (κ3) is 5.14. The molecule has 1 N–H and O–H groups in total. The van der Waals surface area contributed by atoms with Gasteiger partial charge in [-0.05, 0) is 25.5 Å². The number of hydrogen-bond acceptors (Lipinski definition) is 2. The summed E-state index contributed by atoms with van der Waals surface area (Å²) in [5, 5.41) is 4.14. The highest BCUT2D eigenvalue weighted by molar-refractivity contribution is 6.30. The number of nitrogens with zero attached hydrogens (tertiary/aromatic N) is 1. The molecule has 1 rings (SSSR count). The first-order valence-corrected chi connectivity index (χ1v) is 5.94. The lowest BCUT2D eigenvalue weighted by molar-refractivity contribution is 0.491. The Hall–Kier alpha value is -0.600. The van der Waals surface area contributed by atoms with E-state index in [4.69, 9.17) is 11.6 Å². The summed E-state index contributed by atoms with van der Waals surface area (Å²) in [5.41, 5.74) is 1.04. The third-order valence-electron chi connectivity index (χ3n) is 2.41. The average molecular weight is 227 g/mol. The first-order chi connectivity index (χ1) is 7.22. The van der Waals surface area contributed by atoms with Gasteiger partial charge in [-0.3, -0.25) is 4.98 Å². The van der Waals surface area contributed by atoms with Crippen LogP contribution in [0.5, 0.6) is 0 Å². The predicted octanol–water partition coefficient (Wildman–Crippen LogP) is 3.40. The summed E-state index contributed by atoms with van der Waals surface area (Å²) in [7, 11) is 0. The van der Waals surface area contributed by atoms with Crippen molar-refractivity contribution in [3.05, 3.63) is 29.0 Å². The summed E-state index contributed by atoms with van der Waals surface area (Å²) in [4.78, 5) is 4.24. The number of rotatable bonds is 6. The minimum Gasteiger partial charge on any atom is -0.309 e. The molecule has 0 aliphatic rings. The molecule has 0 bridgehead atoms. The van der Waals surface area contributed by atoms with Crippen LogP contribution in [0.3, 0.4) is 0 Å². The van der Waals surface area contributed by atoms with Crippen LogP contribution in [0.4, 0.5) is 0 Å². The highest BCUT2D eigenvalue weighted by Gasteiger charge is 2.01. The monoisotopic (exact) mass is 226 g/mol. The minimum atomic E-state index is 0.558. The summed E-state index contributed by atoms with van der Waals surface area (Å²) in [5.74, 6) is 0. The van der Waals surface area contributed by atoms with Gasteiger partial charge < -0.3 is 5.32 Å². The fourth-order valence-electron chi connectivity index (χ4n) is 1.40. The van der Waals surface area contributed by atoms with Crippen molar-refractivity contribution in [3.8, 4) is 0 Å². The molecule has 3 heteroatoms. The van der Waals surface area contributed by atoms with E-state index in [-0.39, 0.29) is 0 Å². The Balaban J connectivity index is 2.27. The summed E-state index contributed by atoms with van der Waals surface area (Å²) in [6.07, 6.45) is 5.45. The molecular weight excluding hydrogens is 208 g/mol. The number of unbranched alkanes of at least 4 members (excludes halogenated alkanes) is 1. The molecule has 1 atom stereocenters. The highest BCUT2D eigenvalue weighted by atomic mass is 35.5. The van der Waals surface area contributed by atoms with E-state index < -0.39 is 0 Å². The molecule has 2 nitrogen and oxygen atoms in total. The summed E-state index contributed by atoms with van der Waals surface area (Å²) in [6, 6.07) is 4.40. The van der Waals surface area contributed by atoms with Crippen molar-refractivity contribution in [1.29, 1.82) is 0 Å². The van der Waals surface area contributed by atoms with E-state index in [1.807, 2.05) is 12.1 Å². The maximum Gasteiger partial charge on any atom is 0.0589 e. The molecule has 0 aliphatic heterocycles. The van der Waals surface area contributed by atoms with E-state index in [9.17, 15) is 0 Å². The van der Waals surface area contributed by atoms with Crippen LogP contribution in [0.15, 0.2) is 18.3 Å². The number of pyridine rings is 1. The first kappa shape index (κ1) is 12.5. The molecule has 0 saturated heterocycles. The predicted molar refractivity (Wildman–Crippen MR) is 65.1 cm³/mol. The second kappa shape index (κ2) is 6.81. The van der Waals surface area contributed by atoms with E-state index in [2.05, 4.69) is 24.1 Å². The lowest BCUT2D eigenvalue weighted by Crippen LogP contribution is -2.25. The van der Waals surface area contributed by atoms with E-state index >= 15 is 0 Å². The Kier molecular flexibility index (Phi) is 5.66. The molecule has 1 heterocycles. The Labute approximate surface area is 97.1 Å². The zero-order valence-electron chi connectivity index (χ0n) is 9.46. The fraction of sp³-hybridized carbons (Fsp3) is 0.583. The van der Waals surface area contributed by atoms with Crippen molar-refractivity contribution in [1.82, 2.24) is 10.3 Å². The molecule has 1 unspecified atom stereocenters. The zero-order chi connectivity index (χ0) is 11.1. The quantitative estimate of drug-likeness (QED) is 0.804. The van der Waals surface area contributed by atoms with E-state index in [1.54, 1.807) is 6.20 Å². The lowest BCUT2D eigenvalue weighted by Gasteiger charge is -2.12. The molecule has 0 saturated carbocycles. The van der Waals surface area contributed by atoms with Gasteiger partial charge in [0.1, 0.15) is 0 Å². The van der Waals surface area contributed by atoms with Gasteiger partial charge in [0, 0.05) is 18.8 Å². The Morgan fingerprint density at radius 3 is 2.87 bits per heavy atom. The van der Waals surface area contributed by atoms with Crippen LogP contribution >= 0.6 is 11.6 Å². The maximum absolute atomic E-state index is 5.76. The first-order valence-electron chi connectivity index (χ1n) is 5.56. The van der Waals surface area contributed by atoms with Gasteiger partial charge in [0.25, 0.3) is 0 Å². The standard InChI is InChI=1S/C12H19ClN2/c1-3-4-5-10(2)14-9-12-7-6-11(13)8-15-12/h6-8,10,14H,3-5,9H2,1-2H3. The maximum atomic E-state index is 5.76. The van der Waals surface area contributed by atoms with Gasteiger partial charge >= 0.3 is 0 Å². The van der Waals surface area contributed by atoms with E-state index in [1.165, 1.54) is 19.3 Å². The number of nitrogens with one attached hydrogen (secondary N) is 1. The normalized spacial score (nSPS) is 12.7. The Morgan fingerprint density at radius 2 is 2.27 bits per heavy atom. The van der Waals surface area contributed by atoms with Gasteiger partial charge in [-0.15, -0.1) is 0 Å². The van der Waals surface area contributed by atoms with E-state index in [0.29, 0.717) is 11.1 Å². The molecule has 0 radical (unpaired) electrons. The molecule has 15 heavy (non-hydrogen) atoms. The van der Waals surface area contributed by atoms with Gasteiger partial charge in [0.15, 0.2) is 0 Å². The van der Waals surface area contributed by atoms with Crippen LogP contribution in [0.2, 0.25) is 5.02 Å². The lowest BCUT2D eigenvalue weighted by atomic mass is 10.1. The van der Waals surface area contributed by atoms with Gasteiger partial charge in [-0.25, -0.2) is 0 Å². The molecule has 0 spiro atoms. The zero-order valence-corrected chi connectivity index (χ0v) is 10.2. The van der Waals surface area contributed by atoms with Crippen molar-refractivity contribution in [3.63, 3.8) is 0 Å². The second-order valence-corrected chi connectivity index (χ2v) is 4.33. The largest absolute Gasteiger partial charge is 0.309 e. The number of halogens is 1. The summed E-state index contributed by atoms with van der Waals surface area (Å²) >= 11 is 5.76. The average Bonchev–Trinajstić information content (AvgIpc) is 2.25. The van der Waals surface area contributed by atoms with Gasteiger partial charge in [-0.1, -0.05) is 31.4 Å². The summed E-state index contributed by atoms with van der Waals surface area (Å²) < 4.78 is 0. The topological polar surface area (TPSA) is 24.9 Å². The molecule has 84 valence electrons. The summed E-state index contributed by atoms with van der Waals surface area (Å²) in [6.45, 7) is 5.25. The minimum absolute atomic E-state index is 0.558. The van der Waals surface area contributed by atoms with Gasteiger partial charge in [0.05, 0.1) is 10.7 Å². The molecule has 1 aromatic rings. The van der Waals surface area contributed by atoms with Crippen LogP contribution in [-0.2, 0) is 6.54 Å². The number of aromatic nitrogens is 1. The second-order valence-electron chi connectivity index (χ2n) is 3.89. The molecule has 0 fully saturated rings. The van der Waals surface area contributed by atoms with Crippen molar-refractivity contribution in [2.24, 2.45) is 0 Å². The van der Waals surface area contributed by atoms with Crippen LogP contribution in [0.25, 0.3) is 0 Å². The van der Waals surface area contributed by atoms with Crippen molar-refractivity contribution >= 4 is 11.6 Å². The smallest absolute Gasteiger partial charge is 0.0589 e. The van der Waals surface area contributed by atoms with Crippen LogP contribution < -0.4 is 5.32 Å². The third-order valence-corrected chi connectivity index (χ3v) is 2.63. The van der Waals surface area contributed by atoms with Crippen molar-refractivity contribution < 1.29 is 0 Å². The van der Waals surface area contributed by atoms with E-state index in [0.717, 1.165) is 12.2 Å². The highest BCUT2D eigenvalue weighted by Crippen LogP contribution is 2.06. The SMILES string of the molecule is CCCCC(C)NCc1ccc(Cl)cn1. The molecule has 0 aliphatic carbocycles. The van der Waals surface area contributed by atoms with Crippen LogP contribution in [0.1, 0.15) is 38.8 Å². The number of hydrogen-bond donors (Lipinski definition) is 1. The molecule has 0 aromatic carbocycles. The Bertz CT molecular complexity index is 271.